The molecular formula is C19H19N5OS. The van der Waals surface area contributed by atoms with Crippen LogP contribution in [0.5, 0.6) is 5.75 Å². The van der Waals surface area contributed by atoms with Gasteiger partial charge in [0.1, 0.15) is 12.4 Å². The van der Waals surface area contributed by atoms with Crippen LogP contribution < -0.4 is 10.6 Å². The van der Waals surface area contributed by atoms with Gasteiger partial charge in [-0.3, -0.25) is 0 Å². The Labute approximate surface area is 156 Å². The lowest BCUT2D eigenvalue weighted by atomic mass is 10.1. The first-order chi connectivity index (χ1) is 12.6. The van der Waals surface area contributed by atoms with E-state index in [1.807, 2.05) is 38.1 Å². The Hall–Kier alpha value is -2.98. The Morgan fingerprint density at radius 2 is 1.92 bits per heavy atom. The van der Waals surface area contributed by atoms with Crippen LogP contribution in [0, 0.1) is 25.2 Å². The van der Waals surface area contributed by atoms with Gasteiger partial charge in [-0.05, 0) is 43.2 Å². The van der Waals surface area contributed by atoms with Gasteiger partial charge in [0.05, 0.1) is 11.6 Å². The molecule has 2 N–H and O–H groups in total. The molecule has 0 saturated heterocycles. The molecule has 132 valence electrons. The molecule has 0 saturated carbocycles. The molecule has 0 radical (unpaired) electrons. The average molecular weight is 365 g/mol. The van der Waals surface area contributed by atoms with Crippen LogP contribution in [-0.4, -0.2) is 14.9 Å². The monoisotopic (exact) mass is 365 g/mol. The highest BCUT2D eigenvalue weighted by Crippen LogP contribution is 2.22. The molecule has 26 heavy (non-hydrogen) atoms. The van der Waals surface area contributed by atoms with Gasteiger partial charge in [0, 0.05) is 5.75 Å². The first kappa shape index (κ1) is 17.8. The summed E-state index contributed by atoms with van der Waals surface area (Å²) < 4.78 is 7.27. The smallest absolute Gasteiger partial charge is 0.210 e. The van der Waals surface area contributed by atoms with Crippen LogP contribution in [0.1, 0.15) is 28.1 Å². The Bertz CT molecular complexity index is 944. The highest BCUT2D eigenvalue weighted by molar-refractivity contribution is 7.98. The van der Waals surface area contributed by atoms with E-state index in [0.29, 0.717) is 22.3 Å². The topological polar surface area (TPSA) is 89.8 Å². The predicted molar refractivity (Wildman–Crippen MR) is 101 cm³/mol. The highest BCUT2D eigenvalue weighted by Gasteiger charge is 2.12. The summed E-state index contributed by atoms with van der Waals surface area (Å²) in [6.45, 7) is 4.31. The number of nitrogens with two attached hydrogens (primary N) is 1. The van der Waals surface area contributed by atoms with Crippen molar-refractivity contribution in [2.24, 2.45) is 0 Å². The number of nitrogens with zero attached hydrogens (tertiary/aromatic N) is 4. The van der Waals surface area contributed by atoms with Crippen LogP contribution in [0.15, 0.2) is 47.6 Å². The maximum absolute atomic E-state index is 8.83. The molecular weight excluding hydrogens is 346 g/mol. The predicted octanol–water partition coefficient (Wildman–Crippen LogP) is 3.35. The fraction of sp³-hybridized carbons (Fsp3) is 0.211. The Morgan fingerprint density at radius 3 is 2.62 bits per heavy atom. The van der Waals surface area contributed by atoms with Crippen molar-refractivity contribution in [3.63, 3.8) is 0 Å². The quantitative estimate of drug-likeness (QED) is 0.532. The minimum atomic E-state index is 0.255. The Morgan fingerprint density at radius 1 is 1.15 bits per heavy atom. The second kappa shape index (κ2) is 7.93. The van der Waals surface area contributed by atoms with Crippen molar-refractivity contribution in [2.45, 2.75) is 31.4 Å². The van der Waals surface area contributed by atoms with Gasteiger partial charge in [0.15, 0.2) is 5.82 Å². The lowest BCUT2D eigenvalue weighted by molar-refractivity contribution is 0.289. The first-order valence-corrected chi connectivity index (χ1v) is 9.06. The number of aromatic nitrogens is 3. The van der Waals surface area contributed by atoms with Gasteiger partial charge in [0.2, 0.25) is 5.16 Å². The van der Waals surface area contributed by atoms with E-state index in [-0.39, 0.29) is 6.61 Å². The number of nitriles is 1. The van der Waals surface area contributed by atoms with Gasteiger partial charge in [-0.1, -0.05) is 41.6 Å². The van der Waals surface area contributed by atoms with Crippen molar-refractivity contribution in [3.05, 3.63) is 70.5 Å². The lowest BCUT2D eigenvalue weighted by Crippen LogP contribution is -2.16. The summed E-state index contributed by atoms with van der Waals surface area (Å²) in [6.07, 6.45) is 0. The van der Waals surface area contributed by atoms with Gasteiger partial charge in [0.25, 0.3) is 0 Å². The Balaban J connectivity index is 1.61. The van der Waals surface area contributed by atoms with Crippen LogP contribution in [0.2, 0.25) is 0 Å². The van der Waals surface area contributed by atoms with Gasteiger partial charge in [-0.25, -0.2) is 4.68 Å². The van der Waals surface area contributed by atoms with E-state index in [4.69, 9.17) is 15.8 Å². The van der Waals surface area contributed by atoms with Crippen LogP contribution >= 0.6 is 11.8 Å². The normalized spacial score (nSPS) is 10.5. The summed E-state index contributed by atoms with van der Waals surface area (Å²) >= 11 is 1.49. The molecule has 6 nitrogen and oxygen atoms in total. The molecule has 1 aromatic heterocycles. The third-order valence-electron chi connectivity index (χ3n) is 3.87. The van der Waals surface area contributed by atoms with Crippen molar-refractivity contribution >= 4 is 11.8 Å². The molecule has 0 fully saturated rings. The van der Waals surface area contributed by atoms with Gasteiger partial charge < -0.3 is 10.6 Å². The number of aryl methyl sites for hydroxylation is 2. The molecule has 0 unspecified atom stereocenters. The van der Waals surface area contributed by atoms with Gasteiger partial charge in [-0.2, -0.15) is 5.26 Å². The maximum atomic E-state index is 8.83. The molecule has 0 aliphatic rings. The number of hydrogen-bond donors (Lipinski definition) is 1. The van der Waals surface area contributed by atoms with Crippen molar-refractivity contribution in [3.8, 4) is 11.8 Å². The second-order valence-corrected chi connectivity index (χ2v) is 6.87. The molecule has 0 aliphatic carbocycles. The Kier molecular flexibility index (Phi) is 5.44. The third kappa shape index (κ3) is 4.16. The maximum Gasteiger partial charge on any atom is 0.210 e. The number of ether oxygens (including phenoxy) is 1. The van der Waals surface area contributed by atoms with Crippen molar-refractivity contribution < 1.29 is 4.74 Å². The number of hydrogen-bond acceptors (Lipinski definition) is 6. The largest absolute Gasteiger partial charge is 0.485 e. The zero-order valence-electron chi connectivity index (χ0n) is 14.6. The minimum absolute atomic E-state index is 0.255. The summed E-state index contributed by atoms with van der Waals surface area (Å²) in [4.78, 5) is 0. The van der Waals surface area contributed by atoms with Crippen molar-refractivity contribution in [1.82, 2.24) is 14.9 Å². The van der Waals surface area contributed by atoms with E-state index in [1.54, 1.807) is 12.1 Å². The van der Waals surface area contributed by atoms with Gasteiger partial charge in [-0.15, -0.1) is 10.2 Å². The van der Waals surface area contributed by atoms with Crippen LogP contribution in [-0.2, 0) is 12.4 Å². The second-order valence-electron chi connectivity index (χ2n) is 5.92. The summed E-state index contributed by atoms with van der Waals surface area (Å²) in [6, 6.07) is 15.6. The molecule has 1 heterocycles. The first-order valence-electron chi connectivity index (χ1n) is 8.08. The van der Waals surface area contributed by atoms with E-state index in [9.17, 15) is 0 Å². The summed E-state index contributed by atoms with van der Waals surface area (Å²) in [7, 11) is 0. The van der Waals surface area contributed by atoms with E-state index in [0.717, 1.165) is 16.9 Å². The molecule has 0 bridgehead atoms. The average Bonchev–Trinajstić information content (AvgIpc) is 2.99. The van der Waals surface area contributed by atoms with E-state index in [1.165, 1.54) is 22.0 Å². The molecule has 2 aromatic carbocycles. The molecule has 0 atom stereocenters. The fourth-order valence-corrected chi connectivity index (χ4v) is 3.26. The van der Waals surface area contributed by atoms with Crippen LogP contribution in [0.4, 0.5) is 0 Å². The highest BCUT2D eigenvalue weighted by atomic mass is 32.2. The molecule has 3 aromatic rings. The lowest BCUT2D eigenvalue weighted by Gasteiger charge is -2.09. The summed E-state index contributed by atoms with van der Waals surface area (Å²) in [5.74, 6) is 8.15. The standard InChI is InChI=1S/C19H19N5OS/c1-13-3-8-17(14(2)9-13)25-11-18-22-23-19(24(18)21)26-12-16-6-4-15(10-20)5-7-16/h3-9H,11-12,21H2,1-2H3. The number of thioether (sulfide) groups is 1. The third-order valence-corrected chi connectivity index (χ3v) is 4.89. The summed E-state index contributed by atoms with van der Waals surface area (Å²) in [5.41, 5.74) is 4.00. The zero-order chi connectivity index (χ0) is 18.5. The number of benzene rings is 2. The minimum Gasteiger partial charge on any atom is -0.485 e. The van der Waals surface area contributed by atoms with Crippen molar-refractivity contribution in [1.29, 1.82) is 5.26 Å². The van der Waals surface area contributed by atoms with E-state index < -0.39 is 0 Å². The van der Waals surface area contributed by atoms with Crippen LogP contribution in [0.3, 0.4) is 0 Å². The van der Waals surface area contributed by atoms with Crippen LogP contribution in [0.25, 0.3) is 0 Å². The fourth-order valence-electron chi connectivity index (χ4n) is 2.43. The number of nitrogen functional groups attached to an aromatic ring is 1. The summed E-state index contributed by atoms with van der Waals surface area (Å²) in [5, 5.41) is 17.7. The van der Waals surface area contributed by atoms with E-state index >= 15 is 0 Å². The zero-order valence-corrected chi connectivity index (χ0v) is 15.5. The molecule has 7 heteroatoms. The van der Waals surface area contributed by atoms with Gasteiger partial charge >= 0.3 is 0 Å². The number of rotatable bonds is 6. The SMILES string of the molecule is Cc1ccc(OCc2nnc(SCc3ccc(C#N)cc3)n2N)c(C)c1. The molecule has 0 aliphatic heterocycles. The molecule has 0 amide bonds. The molecule has 0 spiro atoms. The van der Waals surface area contributed by atoms with Crippen molar-refractivity contribution in [2.75, 3.05) is 5.84 Å². The van der Waals surface area contributed by atoms with E-state index in [2.05, 4.69) is 22.3 Å². The molecule has 3 rings (SSSR count).